The number of nitrogens with one attached hydrogen (secondary N) is 2. The van der Waals surface area contributed by atoms with Gasteiger partial charge in [-0.2, -0.15) is 0 Å². The lowest BCUT2D eigenvalue weighted by atomic mass is 9.64. The van der Waals surface area contributed by atoms with Gasteiger partial charge in [0, 0.05) is 102 Å². The predicted molar refractivity (Wildman–Crippen MR) is 197 cm³/mol. The van der Waals surface area contributed by atoms with E-state index in [-0.39, 0.29) is 76.6 Å². The van der Waals surface area contributed by atoms with Crippen LogP contribution in [0.4, 0.5) is 0 Å². The van der Waals surface area contributed by atoms with E-state index in [0.29, 0.717) is 38.4 Å². The van der Waals surface area contributed by atoms with Crippen molar-refractivity contribution in [1.29, 1.82) is 0 Å². The van der Waals surface area contributed by atoms with Crippen LogP contribution in [0.5, 0.6) is 0 Å². The van der Waals surface area contributed by atoms with Crippen LogP contribution in [-0.4, -0.2) is 174 Å². The van der Waals surface area contributed by atoms with Crippen LogP contribution in [0.2, 0.25) is 0 Å². The van der Waals surface area contributed by atoms with Gasteiger partial charge in [0.15, 0.2) is 0 Å². The number of carboxylic acid groups (broad SMARTS) is 3. The molecule has 1 saturated carbocycles. The van der Waals surface area contributed by atoms with E-state index >= 15 is 0 Å². The standard InChI is InChI=1S/C39H57N7O9/c47-21-20-42-12-13-43(24-34(49)50)14-15-44(25-35(51)52)17-19-45(18-16-42)31(39(54)55)6-3-10-40-38(53)36-29-22-32-37-28(27-4-1-2-5-30(27)41-37)9-11-46(32)23-26(29)7-8-33(36)48/h1-2,4-5,21,26,29,31-33,36,41,48H,3,6-20,22-25H2,(H,40,53)(H,49,50)(H,51,52)(H,54,55)/p-2/t26-,29+,31?,32+,33?,36?/m0/s1. The normalized spacial score (nSPS) is 27.1. The Labute approximate surface area is 321 Å². The molecule has 3 unspecified atom stereocenters. The lowest BCUT2D eigenvalue weighted by Gasteiger charge is -2.51. The van der Waals surface area contributed by atoms with Crippen molar-refractivity contribution in [3.8, 4) is 0 Å². The van der Waals surface area contributed by atoms with Crippen LogP contribution in [0.3, 0.4) is 0 Å². The Morgan fingerprint density at radius 3 is 2.24 bits per heavy atom. The van der Waals surface area contributed by atoms with E-state index in [4.69, 9.17) is 0 Å². The molecule has 6 rings (SSSR count). The van der Waals surface area contributed by atoms with Crippen molar-refractivity contribution in [2.24, 2.45) is 17.8 Å². The highest BCUT2D eigenvalue weighted by atomic mass is 16.4. The molecule has 2 aromatic rings. The highest BCUT2D eigenvalue weighted by Gasteiger charge is 2.49. The zero-order chi connectivity index (χ0) is 39.1. The number of amides is 1. The number of hydrogen-bond acceptors (Lipinski definition) is 13. The molecule has 4 aliphatic rings. The SMILES string of the molecule is O=CCN1CCN(CC(=O)[O-])CCN(CC(=O)[O-])CCN(C(CCCNC(=O)C2C(O)CC[C@H]3CN4CCc5c([nH]c6ccccc56)[C@H]4C[C@@H]23)C(=O)O)CC1. The van der Waals surface area contributed by atoms with E-state index in [1.165, 1.54) is 16.6 Å². The third kappa shape index (κ3) is 10.1. The Kier molecular flexibility index (Phi) is 13.9. The number of H-pyrrole nitrogens is 1. The number of aliphatic carboxylic acids is 3. The minimum Gasteiger partial charge on any atom is -0.549 e. The van der Waals surface area contributed by atoms with Gasteiger partial charge in [-0.3, -0.25) is 34.1 Å². The van der Waals surface area contributed by atoms with Crippen LogP contribution in [0.1, 0.15) is 49.4 Å². The number of aldehydes is 1. The molecule has 4 N–H and O–H groups in total. The minimum absolute atomic E-state index is 0.0163. The molecular weight excluding hydrogens is 710 g/mol. The highest BCUT2D eigenvalue weighted by Crippen LogP contribution is 2.49. The number of piperidine rings is 1. The number of aromatic amines is 1. The third-order valence-corrected chi connectivity index (χ3v) is 12.4. The number of nitrogens with zero attached hydrogens (tertiary/aromatic N) is 5. The summed E-state index contributed by atoms with van der Waals surface area (Å²) in [6.45, 7) is 3.54. The van der Waals surface area contributed by atoms with Crippen molar-refractivity contribution in [2.45, 2.75) is 56.7 Å². The van der Waals surface area contributed by atoms with Crippen LogP contribution in [-0.2, 0) is 30.4 Å². The molecule has 4 heterocycles. The Balaban J connectivity index is 1.08. The molecule has 55 heavy (non-hydrogen) atoms. The predicted octanol–water partition coefficient (Wildman–Crippen LogP) is -2.26. The average molecular weight is 766 g/mol. The molecule has 2 saturated heterocycles. The summed E-state index contributed by atoms with van der Waals surface area (Å²) in [5.41, 5.74) is 3.69. The number of aliphatic hydroxyl groups excluding tert-OH is 1. The second kappa shape index (κ2) is 18.8. The Bertz CT molecular complexity index is 1670. The van der Waals surface area contributed by atoms with Crippen molar-refractivity contribution in [3.05, 3.63) is 35.5 Å². The average Bonchev–Trinajstić information content (AvgIpc) is 3.53. The lowest BCUT2D eigenvalue weighted by molar-refractivity contribution is -0.308. The number of carbonyl (C=O) groups excluding carboxylic acids is 4. The Hall–Kier alpha value is -3.93. The highest BCUT2D eigenvalue weighted by molar-refractivity contribution is 5.85. The first-order valence-corrected chi connectivity index (χ1v) is 19.8. The quantitative estimate of drug-likeness (QED) is 0.125. The van der Waals surface area contributed by atoms with E-state index in [1.54, 1.807) is 14.7 Å². The maximum Gasteiger partial charge on any atom is 0.320 e. The van der Waals surface area contributed by atoms with Gasteiger partial charge in [-0.25, -0.2) is 0 Å². The molecule has 1 aromatic heterocycles. The third-order valence-electron chi connectivity index (χ3n) is 12.4. The number of fused-ring (bicyclic) bond motifs is 6. The molecule has 302 valence electrons. The fraction of sp³-hybridized carbons (Fsp3) is 0.667. The first-order chi connectivity index (χ1) is 26.5. The molecule has 16 heteroatoms. The summed E-state index contributed by atoms with van der Waals surface area (Å²) >= 11 is 0. The number of aromatic nitrogens is 1. The summed E-state index contributed by atoms with van der Waals surface area (Å²) in [5, 5.41) is 48.8. The topological polar surface area (TPSA) is 216 Å². The molecule has 1 aliphatic carbocycles. The Morgan fingerprint density at radius 2 is 1.56 bits per heavy atom. The van der Waals surface area contributed by atoms with Crippen LogP contribution in [0, 0.1) is 17.8 Å². The van der Waals surface area contributed by atoms with E-state index < -0.39 is 42.5 Å². The number of benzene rings is 1. The zero-order valence-corrected chi connectivity index (χ0v) is 31.5. The second-order valence-electron chi connectivity index (χ2n) is 15.7. The summed E-state index contributed by atoms with van der Waals surface area (Å²) in [5.74, 6) is -4.04. The van der Waals surface area contributed by atoms with Crippen molar-refractivity contribution in [1.82, 2.24) is 34.8 Å². The number of rotatable bonds is 13. The number of carbonyl (C=O) groups is 5. The van der Waals surface area contributed by atoms with E-state index in [1.807, 2.05) is 11.0 Å². The van der Waals surface area contributed by atoms with Crippen molar-refractivity contribution in [2.75, 3.05) is 91.6 Å². The molecule has 1 aromatic carbocycles. The molecular formula is C39H55N7O9-2. The summed E-state index contributed by atoms with van der Waals surface area (Å²) in [6, 6.07) is 7.57. The van der Waals surface area contributed by atoms with Gasteiger partial charge in [-0.1, -0.05) is 18.2 Å². The molecule has 3 aliphatic heterocycles. The van der Waals surface area contributed by atoms with Gasteiger partial charge in [0.05, 0.1) is 36.5 Å². The number of hydrogen-bond donors (Lipinski definition) is 4. The van der Waals surface area contributed by atoms with Gasteiger partial charge in [-0.05, 0) is 62.0 Å². The van der Waals surface area contributed by atoms with E-state index in [9.17, 15) is 44.4 Å². The summed E-state index contributed by atoms with van der Waals surface area (Å²) < 4.78 is 0. The molecule has 0 bridgehead atoms. The van der Waals surface area contributed by atoms with Gasteiger partial charge >= 0.3 is 5.97 Å². The molecule has 1 amide bonds. The minimum atomic E-state index is -1.30. The van der Waals surface area contributed by atoms with Gasteiger partial charge in [0.1, 0.15) is 12.3 Å². The van der Waals surface area contributed by atoms with Crippen LogP contribution in [0.15, 0.2) is 24.3 Å². The smallest absolute Gasteiger partial charge is 0.320 e. The largest absolute Gasteiger partial charge is 0.549 e. The van der Waals surface area contributed by atoms with Crippen molar-refractivity contribution in [3.63, 3.8) is 0 Å². The summed E-state index contributed by atoms with van der Waals surface area (Å²) in [6.07, 6.45) is 3.77. The molecule has 16 nitrogen and oxygen atoms in total. The van der Waals surface area contributed by atoms with E-state index in [2.05, 4.69) is 33.4 Å². The molecule has 3 fully saturated rings. The lowest BCUT2D eigenvalue weighted by Crippen LogP contribution is -2.55. The van der Waals surface area contributed by atoms with Crippen molar-refractivity contribution < 1.29 is 44.4 Å². The fourth-order valence-corrected chi connectivity index (χ4v) is 9.63. The maximum atomic E-state index is 13.9. The zero-order valence-electron chi connectivity index (χ0n) is 31.5. The van der Waals surface area contributed by atoms with Crippen LogP contribution in [0.25, 0.3) is 10.9 Å². The fourth-order valence-electron chi connectivity index (χ4n) is 9.63. The number of para-hydroxylation sites is 1. The van der Waals surface area contributed by atoms with Crippen LogP contribution >= 0.6 is 0 Å². The number of aliphatic hydroxyl groups is 1. The maximum absolute atomic E-state index is 13.9. The summed E-state index contributed by atoms with van der Waals surface area (Å²) in [7, 11) is 0. The monoisotopic (exact) mass is 765 g/mol. The van der Waals surface area contributed by atoms with Crippen molar-refractivity contribution >= 4 is 41.0 Å². The first kappa shape index (κ1) is 40.7. The van der Waals surface area contributed by atoms with Crippen LogP contribution < -0.4 is 15.5 Å². The number of carboxylic acids is 3. The van der Waals surface area contributed by atoms with E-state index in [0.717, 1.165) is 44.2 Å². The van der Waals surface area contributed by atoms with Gasteiger partial charge in [0.2, 0.25) is 5.91 Å². The first-order valence-electron chi connectivity index (χ1n) is 19.8. The van der Waals surface area contributed by atoms with Gasteiger partial charge < -0.3 is 45.1 Å². The molecule has 0 radical (unpaired) electrons. The Morgan fingerprint density at radius 1 is 0.909 bits per heavy atom. The summed E-state index contributed by atoms with van der Waals surface area (Å²) in [4.78, 5) is 74.0. The molecule has 6 atom stereocenters. The van der Waals surface area contributed by atoms with Gasteiger partial charge in [0.25, 0.3) is 0 Å². The second-order valence-corrected chi connectivity index (χ2v) is 15.7. The molecule has 0 spiro atoms. The van der Waals surface area contributed by atoms with Gasteiger partial charge in [-0.15, -0.1) is 0 Å².